The molecule has 1 aromatic heterocycles. The van der Waals surface area contributed by atoms with E-state index in [9.17, 15) is 4.79 Å². The number of nitrogens with zero attached hydrogens (tertiary/aromatic N) is 1. The molecule has 0 unspecified atom stereocenters. The Bertz CT molecular complexity index is 1220. The van der Waals surface area contributed by atoms with Gasteiger partial charge in [0.25, 0.3) is 0 Å². The van der Waals surface area contributed by atoms with Gasteiger partial charge in [-0.05, 0) is 48.1 Å². The molecular weight excluding hydrogens is 384 g/mol. The van der Waals surface area contributed by atoms with E-state index >= 15 is 0 Å². The molecule has 152 valence electrons. The first-order chi connectivity index (χ1) is 15.3. The van der Waals surface area contributed by atoms with Gasteiger partial charge in [0.05, 0.1) is 5.56 Å². The zero-order valence-corrected chi connectivity index (χ0v) is 17.0. The van der Waals surface area contributed by atoms with E-state index in [2.05, 4.69) is 40.5 Å². The van der Waals surface area contributed by atoms with Crippen molar-refractivity contribution in [3.8, 4) is 28.1 Å². The van der Waals surface area contributed by atoms with Gasteiger partial charge >= 0.3 is 5.97 Å². The molecule has 1 N–H and O–H groups in total. The predicted octanol–water partition coefficient (Wildman–Crippen LogP) is 6.53. The molecule has 4 nitrogen and oxygen atoms in total. The van der Waals surface area contributed by atoms with Gasteiger partial charge in [-0.15, -0.1) is 0 Å². The number of rotatable bonds is 5. The van der Waals surface area contributed by atoms with Crippen LogP contribution in [0, 0.1) is 0 Å². The lowest BCUT2D eigenvalue weighted by Gasteiger charge is -2.09. The molecular formula is C27H22N2O2. The molecule has 0 fully saturated rings. The van der Waals surface area contributed by atoms with Crippen molar-refractivity contribution in [1.82, 2.24) is 10.2 Å². The molecule has 0 radical (unpaired) electrons. The standard InChI is InChI=1S/C27H22N2O2/c30-27(23-13-5-2-6-14-23)31-26-24(21-11-7-8-12-21)28-29-25(26)22-17-15-20(16-18-22)19-9-3-1-4-10-19/h1-6,9-11,13-18H,7-8,12H2,(H,28,29). The highest BCUT2D eigenvalue weighted by atomic mass is 16.5. The Labute approximate surface area is 181 Å². The summed E-state index contributed by atoms with van der Waals surface area (Å²) in [5, 5.41) is 7.66. The minimum atomic E-state index is -0.385. The summed E-state index contributed by atoms with van der Waals surface area (Å²) in [6.07, 6.45) is 5.27. The lowest BCUT2D eigenvalue weighted by Crippen LogP contribution is -2.09. The van der Waals surface area contributed by atoms with Crippen LogP contribution >= 0.6 is 0 Å². The summed E-state index contributed by atoms with van der Waals surface area (Å²) >= 11 is 0. The van der Waals surface area contributed by atoms with Gasteiger partial charge in [0, 0.05) is 5.56 Å². The first kappa shape index (κ1) is 19.1. The lowest BCUT2D eigenvalue weighted by atomic mass is 10.0. The summed E-state index contributed by atoms with van der Waals surface area (Å²) in [6.45, 7) is 0. The molecule has 1 aliphatic carbocycles. The second kappa shape index (κ2) is 8.44. The summed E-state index contributed by atoms with van der Waals surface area (Å²) in [7, 11) is 0. The van der Waals surface area contributed by atoms with Crippen molar-refractivity contribution in [2.75, 3.05) is 0 Å². The fourth-order valence-corrected chi connectivity index (χ4v) is 3.92. The Balaban J connectivity index is 1.52. The van der Waals surface area contributed by atoms with Crippen LogP contribution in [0.5, 0.6) is 5.75 Å². The smallest absolute Gasteiger partial charge is 0.343 e. The average molecular weight is 406 g/mol. The first-order valence-electron chi connectivity index (χ1n) is 10.5. The van der Waals surface area contributed by atoms with E-state index in [0.29, 0.717) is 17.0 Å². The highest BCUT2D eigenvalue weighted by Crippen LogP contribution is 2.39. The molecule has 3 aromatic carbocycles. The third-order valence-electron chi connectivity index (χ3n) is 5.55. The SMILES string of the molecule is O=C(Oc1c(-c2ccc(-c3ccccc3)cc2)n[nH]c1C1=CCCC1)c1ccccc1. The number of allylic oxidation sites excluding steroid dienone is 2. The van der Waals surface area contributed by atoms with Crippen LogP contribution in [0.15, 0.2) is 91.0 Å². The van der Waals surface area contributed by atoms with Gasteiger partial charge in [-0.25, -0.2) is 4.79 Å². The topological polar surface area (TPSA) is 55.0 Å². The second-order valence-electron chi connectivity index (χ2n) is 7.60. The molecule has 0 atom stereocenters. The Kier molecular flexibility index (Phi) is 5.19. The van der Waals surface area contributed by atoms with Crippen molar-refractivity contribution in [2.45, 2.75) is 19.3 Å². The Morgan fingerprint density at radius 2 is 1.45 bits per heavy atom. The monoisotopic (exact) mass is 406 g/mol. The Morgan fingerprint density at radius 3 is 2.13 bits per heavy atom. The van der Waals surface area contributed by atoms with Crippen LogP contribution in [-0.4, -0.2) is 16.2 Å². The van der Waals surface area contributed by atoms with Crippen LogP contribution in [0.3, 0.4) is 0 Å². The van der Waals surface area contributed by atoms with E-state index in [1.54, 1.807) is 12.1 Å². The maximum atomic E-state index is 12.8. The summed E-state index contributed by atoms with van der Waals surface area (Å²) in [5.41, 5.74) is 6.29. The van der Waals surface area contributed by atoms with E-state index in [1.807, 2.05) is 48.5 Å². The molecule has 4 aromatic rings. The molecule has 31 heavy (non-hydrogen) atoms. The largest absolute Gasteiger partial charge is 0.418 e. The van der Waals surface area contributed by atoms with E-state index in [-0.39, 0.29) is 5.97 Å². The van der Waals surface area contributed by atoms with Crippen molar-refractivity contribution in [2.24, 2.45) is 0 Å². The minimum absolute atomic E-state index is 0.385. The molecule has 0 bridgehead atoms. The summed E-state index contributed by atoms with van der Waals surface area (Å²) in [6, 6.07) is 27.4. The van der Waals surface area contributed by atoms with Gasteiger partial charge in [-0.1, -0.05) is 78.9 Å². The number of H-pyrrole nitrogens is 1. The van der Waals surface area contributed by atoms with E-state index in [1.165, 1.54) is 0 Å². The van der Waals surface area contributed by atoms with E-state index in [0.717, 1.165) is 47.2 Å². The zero-order chi connectivity index (χ0) is 21.0. The summed E-state index contributed by atoms with van der Waals surface area (Å²) in [4.78, 5) is 12.8. The van der Waals surface area contributed by atoms with Crippen molar-refractivity contribution in [3.05, 3.63) is 102 Å². The Hall–Kier alpha value is -3.92. The van der Waals surface area contributed by atoms with Crippen LogP contribution in [0.1, 0.15) is 35.3 Å². The van der Waals surface area contributed by atoms with Crippen LogP contribution in [0.4, 0.5) is 0 Å². The molecule has 0 spiro atoms. The number of hydrogen-bond donors (Lipinski definition) is 1. The quantitative estimate of drug-likeness (QED) is 0.383. The molecule has 5 rings (SSSR count). The first-order valence-corrected chi connectivity index (χ1v) is 10.5. The molecule has 0 saturated heterocycles. The fourth-order valence-electron chi connectivity index (χ4n) is 3.92. The molecule has 1 aliphatic rings. The molecule has 0 amide bonds. The molecule has 1 heterocycles. The van der Waals surface area contributed by atoms with Gasteiger partial charge < -0.3 is 4.74 Å². The highest BCUT2D eigenvalue weighted by Gasteiger charge is 2.23. The maximum Gasteiger partial charge on any atom is 0.343 e. The maximum absolute atomic E-state index is 12.8. The molecule has 0 aliphatic heterocycles. The van der Waals surface area contributed by atoms with Crippen LogP contribution in [-0.2, 0) is 0 Å². The highest BCUT2D eigenvalue weighted by molar-refractivity contribution is 5.93. The van der Waals surface area contributed by atoms with Gasteiger partial charge in [-0.3, -0.25) is 5.10 Å². The predicted molar refractivity (Wildman–Crippen MR) is 123 cm³/mol. The Morgan fingerprint density at radius 1 is 0.806 bits per heavy atom. The normalized spacial score (nSPS) is 13.1. The third-order valence-corrected chi connectivity index (χ3v) is 5.55. The number of aromatic nitrogens is 2. The number of ether oxygens (including phenoxy) is 1. The van der Waals surface area contributed by atoms with Crippen molar-refractivity contribution >= 4 is 11.5 Å². The van der Waals surface area contributed by atoms with Crippen molar-refractivity contribution in [1.29, 1.82) is 0 Å². The number of nitrogens with one attached hydrogen (secondary N) is 1. The van der Waals surface area contributed by atoms with Gasteiger partial charge in [0.2, 0.25) is 0 Å². The van der Waals surface area contributed by atoms with Crippen LogP contribution in [0.2, 0.25) is 0 Å². The number of aromatic amines is 1. The van der Waals surface area contributed by atoms with Gasteiger partial charge in [0.1, 0.15) is 11.4 Å². The van der Waals surface area contributed by atoms with Crippen molar-refractivity contribution < 1.29 is 9.53 Å². The molecule has 4 heteroatoms. The number of hydrogen-bond acceptors (Lipinski definition) is 3. The average Bonchev–Trinajstić information content (AvgIpc) is 3.50. The number of carbonyl (C=O) groups excluding carboxylic acids is 1. The number of esters is 1. The minimum Gasteiger partial charge on any atom is -0.418 e. The zero-order valence-electron chi connectivity index (χ0n) is 17.0. The third kappa shape index (κ3) is 3.92. The van der Waals surface area contributed by atoms with E-state index in [4.69, 9.17) is 4.74 Å². The van der Waals surface area contributed by atoms with E-state index < -0.39 is 0 Å². The van der Waals surface area contributed by atoms with Gasteiger partial charge in [-0.2, -0.15) is 5.10 Å². The van der Waals surface area contributed by atoms with Gasteiger partial charge in [0.15, 0.2) is 5.75 Å². The fraction of sp³-hybridized carbons (Fsp3) is 0.111. The van der Waals surface area contributed by atoms with Crippen LogP contribution < -0.4 is 4.74 Å². The van der Waals surface area contributed by atoms with Crippen LogP contribution in [0.25, 0.3) is 28.0 Å². The number of benzene rings is 3. The summed E-state index contributed by atoms with van der Waals surface area (Å²) in [5.74, 6) is 0.110. The summed E-state index contributed by atoms with van der Waals surface area (Å²) < 4.78 is 5.91. The second-order valence-corrected chi connectivity index (χ2v) is 7.60. The molecule has 0 saturated carbocycles. The lowest BCUT2D eigenvalue weighted by molar-refractivity contribution is 0.0735. The van der Waals surface area contributed by atoms with Crippen molar-refractivity contribution in [3.63, 3.8) is 0 Å². The number of carbonyl (C=O) groups is 1.